The molecule has 176 valence electrons. The first kappa shape index (κ1) is 23.9. The summed E-state index contributed by atoms with van der Waals surface area (Å²) in [6.45, 7) is 3.71. The largest absolute Gasteiger partial charge is 0.497 e. The quantitative estimate of drug-likeness (QED) is 0.489. The maximum atomic E-state index is 12.7. The highest BCUT2D eigenvalue weighted by Gasteiger charge is 2.45. The van der Waals surface area contributed by atoms with Crippen LogP contribution in [0.4, 0.5) is 19.0 Å². The molecule has 0 spiro atoms. The van der Waals surface area contributed by atoms with Gasteiger partial charge >= 0.3 is 5.51 Å². The fourth-order valence-corrected chi connectivity index (χ4v) is 5.35. The molecule has 1 aliphatic heterocycles. The number of likely N-dealkylation sites (N-methyl/N-ethyl adjacent to an activating group) is 1. The van der Waals surface area contributed by atoms with Gasteiger partial charge in [0.15, 0.2) is 0 Å². The summed E-state index contributed by atoms with van der Waals surface area (Å²) in [4.78, 5) is 13.6. The molecule has 0 saturated carbocycles. The van der Waals surface area contributed by atoms with Crippen LogP contribution in [0.25, 0.3) is 21.8 Å². The highest BCUT2D eigenvalue weighted by Crippen LogP contribution is 2.35. The number of hydrogen-bond acceptors (Lipinski definition) is 7. The topological polar surface area (TPSA) is 66.4 Å². The summed E-state index contributed by atoms with van der Waals surface area (Å²) in [5.41, 5.74) is -3.37. The molecule has 6 nitrogen and oxygen atoms in total. The summed E-state index contributed by atoms with van der Waals surface area (Å²) < 4.78 is 60.8. The lowest BCUT2D eigenvalue weighted by Gasteiger charge is -2.33. The van der Waals surface area contributed by atoms with E-state index in [0.717, 1.165) is 42.6 Å². The van der Waals surface area contributed by atoms with Gasteiger partial charge in [0.1, 0.15) is 10.8 Å². The fraction of sp³-hybridized carbons (Fsp3) is 0.333. The molecule has 0 unspecified atom stereocenters. The third-order valence-corrected chi connectivity index (χ3v) is 7.97. The number of nitrogens with zero attached hydrogens (tertiary/aromatic N) is 4. The number of anilines is 1. The Bertz CT molecular complexity index is 1260. The Morgan fingerprint density at radius 3 is 2.52 bits per heavy atom. The van der Waals surface area contributed by atoms with Gasteiger partial charge in [-0.2, -0.15) is 13.2 Å². The summed E-state index contributed by atoms with van der Waals surface area (Å²) in [7, 11) is -3.19. The Morgan fingerprint density at radius 1 is 1.12 bits per heavy atom. The first-order valence-electron chi connectivity index (χ1n) is 9.97. The van der Waals surface area contributed by atoms with E-state index in [9.17, 15) is 21.6 Å². The standard InChI is InChI=1S/C21H20ClF3N4O2S2/c1-28-6-8-29(9-7-28)19-11-15(4-5-26-19)20-27-18(12-32-20)16-3-2-14(10-17(16)22)13-33(30,31)21(23,24)25/h2-5,10-12H,6-9,13H2,1H3. The van der Waals surface area contributed by atoms with E-state index in [2.05, 4.69) is 26.8 Å². The zero-order valence-electron chi connectivity index (χ0n) is 17.5. The van der Waals surface area contributed by atoms with Crippen LogP contribution in [0.5, 0.6) is 0 Å². The van der Waals surface area contributed by atoms with Crippen molar-refractivity contribution < 1.29 is 21.6 Å². The number of sulfone groups is 1. The molecule has 0 bridgehead atoms. The molecule has 1 aliphatic rings. The van der Waals surface area contributed by atoms with Crippen LogP contribution < -0.4 is 4.90 Å². The normalized spacial score (nSPS) is 15.7. The van der Waals surface area contributed by atoms with Gasteiger partial charge in [-0.3, -0.25) is 0 Å². The average Bonchev–Trinajstić information content (AvgIpc) is 3.23. The number of benzene rings is 1. The number of pyridine rings is 1. The average molecular weight is 517 g/mol. The Labute approximate surface area is 198 Å². The van der Waals surface area contributed by atoms with Gasteiger partial charge in [-0.05, 0) is 30.8 Å². The van der Waals surface area contributed by atoms with Crippen molar-refractivity contribution in [2.24, 2.45) is 0 Å². The van der Waals surface area contributed by atoms with Crippen molar-refractivity contribution in [2.75, 3.05) is 38.1 Å². The number of thiazole rings is 1. The summed E-state index contributed by atoms with van der Waals surface area (Å²) in [6.07, 6.45) is 1.74. The van der Waals surface area contributed by atoms with Crippen LogP contribution in [0.3, 0.4) is 0 Å². The van der Waals surface area contributed by atoms with Crippen LogP contribution in [0.2, 0.25) is 5.02 Å². The SMILES string of the molecule is CN1CCN(c2cc(-c3nc(-c4ccc(CS(=O)(=O)C(F)(F)F)cc4Cl)cs3)ccn2)CC1. The van der Waals surface area contributed by atoms with E-state index in [-0.39, 0.29) is 10.6 Å². The van der Waals surface area contributed by atoms with Gasteiger partial charge in [-0.25, -0.2) is 18.4 Å². The highest BCUT2D eigenvalue weighted by atomic mass is 35.5. The van der Waals surface area contributed by atoms with Crippen molar-refractivity contribution in [3.05, 3.63) is 52.5 Å². The Kier molecular flexibility index (Phi) is 6.68. The van der Waals surface area contributed by atoms with E-state index in [4.69, 9.17) is 11.6 Å². The Morgan fingerprint density at radius 2 is 1.85 bits per heavy atom. The molecule has 0 N–H and O–H groups in total. The minimum absolute atomic E-state index is 0.0394. The number of rotatable bonds is 5. The van der Waals surface area contributed by atoms with Crippen molar-refractivity contribution in [1.82, 2.24) is 14.9 Å². The number of hydrogen-bond donors (Lipinski definition) is 0. The number of alkyl halides is 3. The maximum Gasteiger partial charge on any atom is 0.497 e. The Balaban J connectivity index is 1.55. The fourth-order valence-electron chi connectivity index (χ4n) is 3.45. The second-order valence-corrected chi connectivity index (χ2v) is 11.0. The predicted molar refractivity (Wildman–Crippen MR) is 124 cm³/mol. The van der Waals surface area contributed by atoms with Gasteiger partial charge in [-0.1, -0.05) is 23.7 Å². The zero-order chi connectivity index (χ0) is 23.8. The van der Waals surface area contributed by atoms with Crippen molar-refractivity contribution in [2.45, 2.75) is 11.3 Å². The zero-order valence-corrected chi connectivity index (χ0v) is 19.9. The summed E-state index contributed by atoms with van der Waals surface area (Å²) in [6, 6.07) is 7.90. The Hall–Kier alpha value is -2.21. The van der Waals surface area contributed by atoms with Gasteiger partial charge in [-0.15, -0.1) is 11.3 Å². The molecule has 1 aromatic carbocycles. The molecule has 12 heteroatoms. The second-order valence-electron chi connectivity index (χ2n) is 7.75. The molecular weight excluding hydrogens is 497 g/mol. The molecule has 3 aromatic rings. The van der Waals surface area contributed by atoms with E-state index in [1.165, 1.54) is 29.5 Å². The van der Waals surface area contributed by atoms with Crippen molar-refractivity contribution in [1.29, 1.82) is 0 Å². The molecule has 2 aromatic heterocycles. The summed E-state index contributed by atoms with van der Waals surface area (Å²) in [5, 5.41) is 2.69. The number of aromatic nitrogens is 2. The molecule has 0 atom stereocenters. The van der Waals surface area contributed by atoms with Gasteiger partial charge in [0, 0.05) is 48.9 Å². The van der Waals surface area contributed by atoms with Crippen LogP contribution in [0.15, 0.2) is 41.9 Å². The molecule has 3 heterocycles. The van der Waals surface area contributed by atoms with Crippen LogP contribution in [0, 0.1) is 0 Å². The monoisotopic (exact) mass is 516 g/mol. The number of piperazine rings is 1. The van der Waals surface area contributed by atoms with Crippen molar-refractivity contribution >= 4 is 38.6 Å². The minimum Gasteiger partial charge on any atom is -0.354 e. The minimum atomic E-state index is -5.31. The predicted octanol–water partition coefficient (Wildman–Crippen LogP) is 4.71. The van der Waals surface area contributed by atoms with E-state index < -0.39 is 21.1 Å². The van der Waals surface area contributed by atoms with Gasteiger partial charge in [0.05, 0.1) is 16.5 Å². The molecule has 0 radical (unpaired) electrons. The van der Waals surface area contributed by atoms with Crippen LogP contribution >= 0.6 is 22.9 Å². The summed E-state index contributed by atoms with van der Waals surface area (Å²) in [5.74, 6) is -0.282. The van der Waals surface area contributed by atoms with Gasteiger partial charge in [0.2, 0.25) is 0 Å². The van der Waals surface area contributed by atoms with Gasteiger partial charge in [0.25, 0.3) is 9.84 Å². The molecule has 0 amide bonds. The lowest BCUT2D eigenvalue weighted by atomic mass is 10.1. The third kappa shape index (κ3) is 5.32. The molecule has 4 rings (SSSR count). The van der Waals surface area contributed by atoms with Crippen molar-refractivity contribution in [3.8, 4) is 21.8 Å². The molecule has 1 saturated heterocycles. The van der Waals surface area contributed by atoms with E-state index >= 15 is 0 Å². The first-order chi connectivity index (χ1) is 15.5. The molecular formula is C21H20ClF3N4O2S2. The van der Waals surface area contributed by atoms with Crippen LogP contribution in [-0.4, -0.2) is 62.0 Å². The number of halogens is 4. The summed E-state index contributed by atoms with van der Waals surface area (Å²) >= 11 is 7.68. The lowest BCUT2D eigenvalue weighted by molar-refractivity contribution is -0.0437. The van der Waals surface area contributed by atoms with Crippen molar-refractivity contribution in [3.63, 3.8) is 0 Å². The molecule has 33 heavy (non-hydrogen) atoms. The van der Waals surface area contributed by atoms with Crippen LogP contribution in [-0.2, 0) is 15.6 Å². The van der Waals surface area contributed by atoms with E-state index in [1.807, 2.05) is 12.1 Å². The molecule has 0 aliphatic carbocycles. The van der Waals surface area contributed by atoms with Crippen LogP contribution in [0.1, 0.15) is 5.56 Å². The first-order valence-corrected chi connectivity index (χ1v) is 12.9. The highest BCUT2D eigenvalue weighted by molar-refractivity contribution is 7.91. The maximum absolute atomic E-state index is 12.7. The second kappa shape index (κ2) is 9.21. The molecule has 1 fully saturated rings. The lowest BCUT2D eigenvalue weighted by Crippen LogP contribution is -2.44. The smallest absolute Gasteiger partial charge is 0.354 e. The van der Waals surface area contributed by atoms with Gasteiger partial charge < -0.3 is 9.80 Å². The van der Waals surface area contributed by atoms with E-state index in [1.54, 1.807) is 11.6 Å². The van der Waals surface area contributed by atoms with E-state index in [0.29, 0.717) is 11.3 Å². The third-order valence-electron chi connectivity index (χ3n) is 5.34.